The van der Waals surface area contributed by atoms with Crippen LogP contribution >= 0.6 is 0 Å². The summed E-state index contributed by atoms with van der Waals surface area (Å²) in [5, 5.41) is 0. The van der Waals surface area contributed by atoms with E-state index in [1.165, 1.54) is 6.42 Å². The molecule has 0 nitrogen and oxygen atoms in total. The van der Waals surface area contributed by atoms with Crippen LogP contribution in [0.5, 0.6) is 0 Å². The Balaban J connectivity index is 2.58. The summed E-state index contributed by atoms with van der Waals surface area (Å²) in [7, 11) is 0. The van der Waals surface area contributed by atoms with E-state index >= 15 is 0 Å². The van der Waals surface area contributed by atoms with Crippen molar-refractivity contribution in [1.82, 2.24) is 0 Å². The minimum Gasteiger partial charge on any atom is -0.0776 e. The van der Waals surface area contributed by atoms with Crippen molar-refractivity contribution in [1.29, 1.82) is 0 Å². The number of rotatable bonds is 2. The minimum absolute atomic E-state index is 0.690. The molecule has 56 valence electrons. The van der Waals surface area contributed by atoms with Gasteiger partial charge in [-0.15, -0.1) is 0 Å². The predicted octanol–water partition coefficient (Wildman–Crippen LogP) is 3.16. The Morgan fingerprint density at radius 2 is 2.30 bits per heavy atom. The van der Waals surface area contributed by atoms with Gasteiger partial charge in [-0.25, -0.2) is 0 Å². The van der Waals surface area contributed by atoms with Crippen molar-refractivity contribution < 1.29 is 0 Å². The highest BCUT2D eigenvalue weighted by atomic mass is 14.2. The highest BCUT2D eigenvalue weighted by molar-refractivity contribution is 5.27. The molecule has 0 saturated heterocycles. The highest BCUT2D eigenvalue weighted by Gasteiger charge is 2.13. The molecule has 1 aliphatic carbocycles. The molecular weight excluding hydrogens is 120 g/mol. The van der Waals surface area contributed by atoms with E-state index in [-0.39, 0.29) is 0 Å². The van der Waals surface area contributed by atoms with Crippen molar-refractivity contribution in [2.24, 2.45) is 11.8 Å². The van der Waals surface area contributed by atoms with Crippen LogP contribution in [0.4, 0.5) is 0 Å². The summed E-state index contributed by atoms with van der Waals surface area (Å²) in [6.45, 7) is 6.81. The predicted molar refractivity (Wildman–Crippen MR) is 45.8 cm³/mol. The van der Waals surface area contributed by atoms with E-state index in [0.717, 1.165) is 5.92 Å². The Morgan fingerprint density at radius 3 is 2.70 bits per heavy atom. The number of hydrogen-bond donors (Lipinski definition) is 0. The largest absolute Gasteiger partial charge is 0.0776 e. The van der Waals surface area contributed by atoms with E-state index in [1.54, 1.807) is 5.57 Å². The molecule has 0 heteroatoms. The van der Waals surface area contributed by atoms with Crippen molar-refractivity contribution in [2.75, 3.05) is 0 Å². The smallest absolute Gasteiger partial charge is 0.00427 e. The lowest BCUT2D eigenvalue weighted by molar-refractivity contribution is 0.599. The van der Waals surface area contributed by atoms with Gasteiger partial charge >= 0.3 is 0 Å². The van der Waals surface area contributed by atoms with E-state index in [4.69, 9.17) is 0 Å². The highest BCUT2D eigenvalue weighted by Crippen LogP contribution is 2.27. The average Bonchev–Trinajstić information content (AvgIpc) is 2.34. The van der Waals surface area contributed by atoms with Gasteiger partial charge in [-0.2, -0.15) is 0 Å². The third kappa shape index (κ3) is 1.31. The minimum atomic E-state index is 0.690. The van der Waals surface area contributed by atoms with Gasteiger partial charge in [-0.05, 0) is 18.3 Å². The van der Waals surface area contributed by atoms with Crippen molar-refractivity contribution in [2.45, 2.75) is 27.2 Å². The monoisotopic (exact) mass is 136 g/mol. The maximum atomic E-state index is 2.30. The summed E-state index contributed by atoms with van der Waals surface area (Å²) in [6.07, 6.45) is 7.96. The molecule has 0 aromatic heterocycles. The Hall–Kier alpha value is -0.520. The molecule has 10 heavy (non-hydrogen) atoms. The van der Waals surface area contributed by atoms with Crippen LogP contribution in [0, 0.1) is 11.8 Å². The van der Waals surface area contributed by atoms with Crippen LogP contribution in [0.3, 0.4) is 0 Å². The Bertz CT molecular complexity index is 163. The molecule has 1 aliphatic rings. The zero-order valence-corrected chi connectivity index (χ0v) is 7.09. The van der Waals surface area contributed by atoms with Gasteiger partial charge in [-0.3, -0.25) is 0 Å². The Labute approximate surface area is 63.6 Å². The van der Waals surface area contributed by atoms with E-state index < -0.39 is 0 Å². The summed E-state index contributed by atoms with van der Waals surface area (Å²) in [5.41, 5.74) is 1.60. The van der Waals surface area contributed by atoms with Gasteiger partial charge in [0, 0.05) is 0 Å². The molecule has 0 spiro atoms. The fourth-order valence-electron chi connectivity index (χ4n) is 1.44. The van der Waals surface area contributed by atoms with E-state index in [2.05, 4.69) is 39.0 Å². The fourth-order valence-corrected chi connectivity index (χ4v) is 1.44. The maximum Gasteiger partial charge on any atom is -0.00427 e. The molecule has 0 radical (unpaired) electrons. The van der Waals surface area contributed by atoms with Crippen LogP contribution in [0.1, 0.15) is 27.2 Å². The van der Waals surface area contributed by atoms with Gasteiger partial charge in [0.05, 0.1) is 0 Å². The standard InChI is InChI=1S/C10H16/c1-4-8(2)10-7-5-6-9(10)3/h5-9H,4H2,1-3H3. The van der Waals surface area contributed by atoms with Crippen LogP contribution in [-0.2, 0) is 0 Å². The first-order valence-electron chi connectivity index (χ1n) is 4.14. The summed E-state index contributed by atoms with van der Waals surface area (Å²) < 4.78 is 0. The Morgan fingerprint density at radius 1 is 1.60 bits per heavy atom. The van der Waals surface area contributed by atoms with Crippen molar-refractivity contribution in [3.05, 3.63) is 23.8 Å². The zero-order chi connectivity index (χ0) is 7.56. The molecule has 1 rings (SSSR count). The maximum absolute atomic E-state index is 2.30. The van der Waals surface area contributed by atoms with Crippen LogP contribution < -0.4 is 0 Å². The molecule has 2 unspecified atom stereocenters. The molecule has 0 heterocycles. The van der Waals surface area contributed by atoms with Gasteiger partial charge < -0.3 is 0 Å². The number of allylic oxidation sites excluding steroid dienone is 4. The second-order valence-corrected chi connectivity index (χ2v) is 3.15. The first-order valence-corrected chi connectivity index (χ1v) is 4.14. The topological polar surface area (TPSA) is 0 Å². The fraction of sp³-hybridized carbons (Fsp3) is 0.600. The molecule has 0 fully saturated rings. The van der Waals surface area contributed by atoms with Crippen molar-refractivity contribution in [3.8, 4) is 0 Å². The normalized spacial score (nSPS) is 26.7. The van der Waals surface area contributed by atoms with E-state index in [0.29, 0.717) is 5.92 Å². The third-order valence-electron chi connectivity index (χ3n) is 2.40. The van der Waals surface area contributed by atoms with Gasteiger partial charge in [-0.1, -0.05) is 44.6 Å². The second kappa shape index (κ2) is 3.05. The molecular formula is C10H16. The summed E-state index contributed by atoms with van der Waals surface area (Å²) in [4.78, 5) is 0. The lowest BCUT2D eigenvalue weighted by atomic mass is 9.91. The van der Waals surface area contributed by atoms with Gasteiger partial charge in [0.1, 0.15) is 0 Å². The van der Waals surface area contributed by atoms with Gasteiger partial charge in [0.15, 0.2) is 0 Å². The lowest BCUT2D eigenvalue weighted by Crippen LogP contribution is -2.02. The molecule has 0 N–H and O–H groups in total. The lowest BCUT2D eigenvalue weighted by Gasteiger charge is -2.14. The quantitative estimate of drug-likeness (QED) is 0.547. The van der Waals surface area contributed by atoms with Crippen molar-refractivity contribution in [3.63, 3.8) is 0 Å². The van der Waals surface area contributed by atoms with Crippen LogP contribution in [0.15, 0.2) is 23.8 Å². The average molecular weight is 136 g/mol. The molecule has 0 aromatic rings. The molecule has 0 aliphatic heterocycles. The second-order valence-electron chi connectivity index (χ2n) is 3.15. The molecule has 0 aromatic carbocycles. The molecule has 0 amide bonds. The first-order chi connectivity index (χ1) is 4.75. The molecule has 0 saturated carbocycles. The van der Waals surface area contributed by atoms with E-state index in [1.807, 2.05) is 0 Å². The third-order valence-corrected chi connectivity index (χ3v) is 2.40. The Kier molecular flexibility index (Phi) is 2.31. The summed E-state index contributed by atoms with van der Waals surface area (Å²) in [5.74, 6) is 1.46. The molecule has 0 bridgehead atoms. The summed E-state index contributed by atoms with van der Waals surface area (Å²) >= 11 is 0. The van der Waals surface area contributed by atoms with Crippen LogP contribution in [-0.4, -0.2) is 0 Å². The summed E-state index contributed by atoms with van der Waals surface area (Å²) in [6, 6.07) is 0. The zero-order valence-electron chi connectivity index (χ0n) is 7.09. The van der Waals surface area contributed by atoms with E-state index in [9.17, 15) is 0 Å². The first kappa shape index (κ1) is 7.59. The van der Waals surface area contributed by atoms with Crippen LogP contribution in [0.25, 0.3) is 0 Å². The molecule has 2 atom stereocenters. The van der Waals surface area contributed by atoms with Gasteiger partial charge in [0.2, 0.25) is 0 Å². The SMILES string of the molecule is CCC(C)C1=CC=CC1C. The number of hydrogen-bond acceptors (Lipinski definition) is 0. The van der Waals surface area contributed by atoms with Gasteiger partial charge in [0.25, 0.3) is 0 Å². The van der Waals surface area contributed by atoms with Crippen LogP contribution in [0.2, 0.25) is 0 Å². The van der Waals surface area contributed by atoms with Crippen molar-refractivity contribution >= 4 is 0 Å².